The van der Waals surface area contributed by atoms with Gasteiger partial charge in [-0.1, -0.05) is 16.8 Å². The normalized spacial score (nSPS) is 11.8. The van der Waals surface area contributed by atoms with Crippen molar-refractivity contribution in [3.63, 3.8) is 0 Å². The number of aromatic nitrogens is 2. The molecule has 170 valence electrons. The van der Waals surface area contributed by atoms with E-state index in [9.17, 15) is 18.7 Å². The van der Waals surface area contributed by atoms with Gasteiger partial charge in [-0.15, -0.1) is 0 Å². The maximum atomic E-state index is 14.8. The topological polar surface area (TPSA) is 68.3 Å². The van der Waals surface area contributed by atoms with Crippen LogP contribution in [0.15, 0.2) is 58.0 Å². The smallest absolute Gasteiger partial charge is 0.255 e. The number of rotatable bonds is 4. The molecule has 8 heteroatoms. The summed E-state index contributed by atoms with van der Waals surface area (Å²) in [5.41, 5.74) is 1.17. The second kappa shape index (κ2) is 8.24. The van der Waals surface area contributed by atoms with Crippen molar-refractivity contribution in [1.29, 1.82) is 0 Å². The zero-order chi connectivity index (χ0) is 24.1. The molecule has 4 rings (SSSR count). The molecule has 0 fully saturated rings. The van der Waals surface area contributed by atoms with Crippen molar-refractivity contribution in [2.75, 3.05) is 0 Å². The van der Waals surface area contributed by atoms with Crippen LogP contribution < -0.4 is 5.56 Å². The maximum absolute atomic E-state index is 14.8. The van der Waals surface area contributed by atoms with Crippen LogP contribution in [0.1, 0.15) is 30.7 Å². The lowest BCUT2D eigenvalue weighted by atomic mass is 9.92. The van der Waals surface area contributed by atoms with Gasteiger partial charge in [-0.2, -0.15) is 0 Å². The molecule has 0 amide bonds. The molecule has 0 bridgehead atoms. The van der Waals surface area contributed by atoms with Gasteiger partial charge in [0.2, 0.25) is 0 Å². The molecule has 0 spiro atoms. The third-order valence-electron chi connectivity index (χ3n) is 5.34. The largest absolute Gasteiger partial charge is 0.384 e. The molecule has 1 N–H and O–H groups in total. The molecule has 2 heterocycles. The highest BCUT2D eigenvalue weighted by molar-refractivity contribution is 6.30. The Balaban J connectivity index is 1.99. The molecule has 5 nitrogen and oxygen atoms in total. The zero-order valence-corrected chi connectivity index (χ0v) is 19.2. The lowest BCUT2D eigenvalue weighted by Gasteiger charge is -2.17. The van der Waals surface area contributed by atoms with Crippen molar-refractivity contribution in [3.05, 3.63) is 92.5 Å². The molecule has 0 aliphatic carbocycles. The Labute approximate surface area is 193 Å². The van der Waals surface area contributed by atoms with Crippen LogP contribution >= 0.6 is 11.6 Å². The summed E-state index contributed by atoms with van der Waals surface area (Å²) in [6.45, 7) is 6.66. The third kappa shape index (κ3) is 4.21. The van der Waals surface area contributed by atoms with Crippen molar-refractivity contribution in [3.8, 4) is 28.1 Å². The molecule has 2 aromatic heterocycles. The van der Waals surface area contributed by atoms with E-state index in [1.165, 1.54) is 36.6 Å². The van der Waals surface area contributed by atoms with E-state index in [0.717, 1.165) is 23.3 Å². The number of nitrogens with zero attached hydrogens (tertiary/aromatic N) is 2. The second-order valence-corrected chi connectivity index (χ2v) is 8.87. The summed E-state index contributed by atoms with van der Waals surface area (Å²) in [6.07, 6.45) is 1.56. The van der Waals surface area contributed by atoms with Crippen LogP contribution in [-0.4, -0.2) is 14.8 Å². The molecule has 0 saturated heterocycles. The Morgan fingerprint density at radius 2 is 1.73 bits per heavy atom. The van der Waals surface area contributed by atoms with Gasteiger partial charge in [0.15, 0.2) is 5.76 Å². The van der Waals surface area contributed by atoms with Gasteiger partial charge >= 0.3 is 0 Å². The highest BCUT2D eigenvalue weighted by Crippen LogP contribution is 2.40. The van der Waals surface area contributed by atoms with Crippen LogP contribution in [0.25, 0.3) is 28.1 Å². The Hall–Kier alpha value is -3.29. The highest BCUT2D eigenvalue weighted by atomic mass is 35.5. The van der Waals surface area contributed by atoms with Gasteiger partial charge in [0.05, 0.1) is 11.3 Å². The number of aliphatic hydroxyl groups is 1. The first-order valence-electron chi connectivity index (χ1n) is 10.2. The van der Waals surface area contributed by atoms with Gasteiger partial charge in [-0.25, -0.2) is 8.78 Å². The van der Waals surface area contributed by atoms with Gasteiger partial charge in [-0.3, -0.25) is 9.36 Å². The van der Waals surface area contributed by atoms with Gasteiger partial charge in [0.25, 0.3) is 5.56 Å². The molecule has 0 atom stereocenters. The number of hydrogen-bond acceptors (Lipinski definition) is 4. The van der Waals surface area contributed by atoms with E-state index in [0.29, 0.717) is 16.3 Å². The number of aryl methyl sites for hydroxylation is 2. The van der Waals surface area contributed by atoms with Crippen LogP contribution in [0.2, 0.25) is 5.02 Å². The monoisotopic (exact) mass is 470 g/mol. The summed E-state index contributed by atoms with van der Waals surface area (Å²) in [5.74, 6) is -1.43. The van der Waals surface area contributed by atoms with E-state index in [2.05, 4.69) is 5.16 Å². The minimum atomic E-state index is -1.48. The first kappa shape index (κ1) is 22.9. The van der Waals surface area contributed by atoms with Crippen LogP contribution in [-0.2, 0) is 5.60 Å². The second-order valence-electron chi connectivity index (χ2n) is 8.43. The van der Waals surface area contributed by atoms with Gasteiger partial charge in [0, 0.05) is 34.5 Å². The SMILES string of the molecule is Cc1cc(Cl)cc(C)c1-n1cc(-c2onc(C(C)(C)O)c2-c2ccc(F)cc2F)ccc1=O. The molecule has 33 heavy (non-hydrogen) atoms. The quantitative estimate of drug-likeness (QED) is 0.401. The van der Waals surface area contributed by atoms with E-state index in [-0.39, 0.29) is 28.1 Å². The van der Waals surface area contributed by atoms with Crippen molar-refractivity contribution in [2.24, 2.45) is 0 Å². The lowest BCUT2D eigenvalue weighted by molar-refractivity contribution is 0.0706. The average Bonchev–Trinajstić information content (AvgIpc) is 3.14. The van der Waals surface area contributed by atoms with Gasteiger partial charge in [0.1, 0.15) is 22.9 Å². The number of halogens is 3. The van der Waals surface area contributed by atoms with Crippen LogP contribution in [0.4, 0.5) is 8.78 Å². The van der Waals surface area contributed by atoms with E-state index in [4.69, 9.17) is 16.1 Å². The van der Waals surface area contributed by atoms with E-state index < -0.39 is 17.2 Å². The van der Waals surface area contributed by atoms with Gasteiger partial charge in [-0.05, 0) is 69.2 Å². The molecule has 0 radical (unpaired) electrons. The van der Waals surface area contributed by atoms with Gasteiger partial charge < -0.3 is 9.63 Å². The molecule has 0 aliphatic heterocycles. The van der Waals surface area contributed by atoms with E-state index >= 15 is 0 Å². The Morgan fingerprint density at radius 1 is 1.06 bits per heavy atom. The predicted molar refractivity (Wildman–Crippen MR) is 123 cm³/mol. The van der Waals surface area contributed by atoms with Crippen molar-refractivity contribution >= 4 is 11.6 Å². The summed E-state index contributed by atoms with van der Waals surface area (Å²) in [7, 11) is 0. The third-order valence-corrected chi connectivity index (χ3v) is 5.56. The standard InChI is InChI=1S/C25H21ClF2N2O3/c1-13-9-16(26)10-14(2)22(13)30-12-15(5-8-20(30)31)23-21(24(29-33-23)25(3,4)32)18-7-6-17(27)11-19(18)28/h5-12,32H,1-4H3. The Bertz CT molecular complexity index is 1410. The van der Waals surface area contributed by atoms with E-state index in [1.54, 1.807) is 18.3 Å². The lowest BCUT2D eigenvalue weighted by Crippen LogP contribution is -2.19. The molecule has 2 aromatic carbocycles. The summed E-state index contributed by atoms with van der Waals surface area (Å²) < 4.78 is 35.3. The minimum absolute atomic E-state index is 0.0152. The van der Waals surface area contributed by atoms with Crippen molar-refractivity contribution < 1.29 is 18.4 Å². The first-order chi connectivity index (χ1) is 15.5. The highest BCUT2D eigenvalue weighted by Gasteiger charge is 2.31. The predicted octanol–water partition coefficient (Wildman–Crippen LogP) is 5.94. The molecular formula is C25H21ClF2N2O3. The van der Waals surface area contributed by atoms with Crippen molar-refractivity contribution in [1.82, 2.24) is 9.72 Å². The summed E-state index contributed by atoms with van der Waals surface area (Å²) in [4.78, 5) is 12.7. The molecule has 4 aromatic rings. The number of pyridine rings is 1. The van der Waals surface area contributed by atoms with Crippen molar-refractivity contribution in [2.45, 2.75) is 33.3 Å². The zero-order valence-electron chi connectivity index (χ0n) is 18.4. The van der Waals surface area contributed by atoms with Crippen LogP contribution in [0.5, 0.6) is 0 Å². The summed E-state index contributed by atoms with van der Waals surface area (Å²) >= 11 is 6.14. The van der Waals surface area contributed by atoms with Crippen LogP contribution in [0, 0.1) is 25.5 Å². The fraction of sp³-hybridized carbons (Fsp3) is 0.200. The maximum Gasteiger partial charge on any atom is 0.255 e. The fourth-order valence-electron chi connectivity index (χ4n) is 3.93. The number of benzene rings is 2. The molecule has 0 unspecified atom stereocenters. The summed E-state index contributed by atoms with van der Waals surface area (Å²) in [5, 5.41) is 15.2. The summed E-state index contributed by atoms with van der Waals surface area (Å²) in [6, 6.07) is 9.52. The average molecular weight is 471 g/mol. The fourth-order valence-corrected chi connectivity index (χ4v) is 4.25. The minimum Gasteiger partial charge on any atom is -0.384 e. The number of hydrogen-bond donors (Lipinski definition) is 1. The van der Waals surface area contributed by atoms with Crippen LogP contribution in [0.3, 0.4) is 0 Å². The Morgan fingerprint density at radius 3 is 2.33 bits per heavy atom. The Kier molecular flexibility index (Phi) is 5.72. The molecule has 0 saturated carbocycles. The van der Waals surface area contributed by atoms with E-state index in [1.807, 2.05) is 13.8 Å². The molecule has 0 aliphatic rings. The first-order valence-corrected chi connectivity index (χ1v) is 10.5. The molecular weight excluding hydrogens is 450 g/mol.